The number of aromatic nitrogens is 1. The van der Waals surface area contributed by atoms with Crippen molar-refractivity contribution in [3.8, 4) is 0 Å². The fourth-order valence-corrected chi connectivity index (χ4v) is 1.22. The summed E-state index contributed by atoms with van der Waals surface area (Å²) >= 11 is 1.75. The molecule has 8 heavy (non-hydrogen) atoms. The first kappa shape index (κ1) is 5.76. The highest BCUT2D eigenvalue weighted by molar-refractivity contribution is 6.99. The summed E-state index contributed by atoms with van der Waals surface area (Å²) < 4.78 is 2.21. The van der Waals surface area contributed by atoms with Crippen LogP contribution in [-0.4, -0.2) is 0 Å². The van der Waals surface area contributed by atoms with Gasteiger partial charge in [0.05, 0.1) is 5.38 Å². The lowest BCUT2D eigenvalue weighted by molar-refractivity contribution is -0.650. The Hall–Kier alpha value is -0.370. The van der Waals surface area contributed by atoms with E-state index in [1.165, 1.54) is 0 Å². The van der Waals surface area contributed by atoms with Crippen LogP contribution in [0.3, 0.4) is 0 Å². The minimum absolute atomic E-state index is 0.620. The van der Waals surface area contributed by atoms with Gasteiger partial charge in [0.25, 0.3) is 0 Å². The van der Waals surface area contributed by atoms with E-state index in [0.717, 1.165) is 0 Å². The van der Waals surface area contributed by atoms with Crippen molar-refractivity contribution in [1.82, 2.24) is 0 Å². The lowest BCUT2D eigenvalue weighted by Crippen LogP contribution is -2.29. The average molecular weight is 128 g/mol. The molecule has 0 amide bonds. The van der Waals surface area contributed by atoms with Crippen molar-refractivity contribution >= 4 is 11.5 Å². The molecule has 1 rings (SSSR count). The van der Waals surface area contributed by atoms with Gasteiger partial charge in [0.15, 0.2) is 12.2 Å². The first-order valence-corrected chi connectivity index (χ1v) is 3.59. The maximum Gasteiger partial charge on any atom is 0.184 e. The summed E-state index contributed by atoms with van der Waals surface area (Å²) in [6.07, 6.45) is 2.09. The molecule has 0 saturated heterocycles. The highest BCUT2D eigenvalue weighted by Crippen LogP contribution is 1.94. The molecule has 0 spiro atoms. The Bertz CT molecular complexity index is 144. The molecule has 1 nitrogen and oxygen atoms in total. The lowest BCUT2D eigenvalue weighted by atomic mass is 10.4. The van der Waals surface area contributed by atoms with Gasteiger partial charge in [-0.3, -0.25) is 0 Å². The lowest BCUT2D eigenvalue weighted by Gasteiger charge is -1.89. The van der Waals surface area contributed by atoms with Gasteiger partial charge < -0.3 is 0 Å². The van der Waals surface area contributed by atoms with Crippen molar-refractivity contribution in [2.75, 3.05) is 0 Å². The summed E-state index contributed by atoms with van der Waals surface area (Å²) in [5, 5.41) is 2.08. The van der Waals surface area contributed by atoms with E-state index in [2.05, 4.69) is 35.4 Å². The molecule has 0 saturated carbocycles. The number of hydrogen-bond donors (Lipinski definition) is 0. The predicted molar refractivity (Wildman–Crippen MR) is 34.9 cm³/mol. The molecular formula is C6H10NS+. The molecule has 0 bridgehead atoms. The molecule has 0 aliphatic rings. The van der Waals surface area contributed by atoms with Crippen LogP contribution in [-0.2, 0) is 0 Å². The van der Waals surface area contributed by atoms with Gasteiger partial charge in [-0.05, 0) is 13.8 Å². The molecule has 0 unspecified atom stereocenters. The molecule has 1 aromatic rings. The molecule has 1 heterocycles. The quantitative estimate of drug-likeness (QED) is 0.506. The summed E-state index contributed by atoms with van der Waals surface area (Å²) in [5.41, 5.74) is 0. The second-order valence-corrected chi connectivity index (χ2v) is 2.94. The van der Waals surface area contributed by atoms with Crippen molar-refractivity contribution < 1.29 is 3.96 Å². The van der Waals surface area contributed by atoms with Crippen LogP contribution in [0.2, 0.25) is 0 Å². The van der Waals surface area contributed by atoms with Crippen molar-refractivity contribution in [1.29, 1.82) is 0 Å². The Morgan fingerprint density at radius 3 is 2.50 bits per heavy atom. The van der Waals surface area contributed by atoms with Gasteiger partial charge in [-0.1, -0.05) is 0 Å². The third kappa shape index (κ3) is 1.07. The molecular weight excluding hydrogens is 118 g/mol. The Kier molecular flexibility index (Phi) is 1.63. The van der Waals surface area contributed by atoms with Crippen LogP contribution >= 0.6 is 11.5 Å². The summed E-state index contributed by atoms with van der Waals surface area (Å²) in [6, 6.07) is 2.68. The van der Waals surface area contributed by atoms with Crippen molar-refractivity contribution in [3.05, 3.63) is 17.6 Å². The number of rotatable bonds is 1. The minimum atomic E-state index is 0.620. The van der Waals surface area contributed by atoms with Gasteiger partial charge in [0.2, 0.25) is 0 Å². The van der Waals surface area contributed by atoms with Crippen LogP contribution in [0.25, 0.3) is 0 Å². The van der Waals surface area contributed by atoms with Gasteiger partial charge in [0.1, 0.15) is 11.5 Å². The van der Waals surface area contributed by atoms with Crippen LogP contribution in [0.15, 0.2) is 17.6 Å². The Morgan fingerprint density at radius 1 is 1.50 bits per heavy atom. The van der Waals surface area contributed by atoms with E-state index < -0.39 is 0 Å². The van der Waals surface area contributed by atoms with Gasteiger partial charge >= 0.3 is 0 Å². The molecule has 0 aromatic carbocycles. The third-order valence-corrected chi connectivity index (χ3v) is 2.07. The van der Waals surface area contributed by atoms with Gasteiger partial charge in [0, 0.05) is 6.07 Å². The average Bonchev–Trinajstić information content (AvgIpc) is 2.12. The van der Waals surface area contributed by atoms with E-state index in [9.17, 15) is 0 Å². The van der Waals surface area contributed by atoms with Gasteiger partial charge in [-0.15, -0.1) is 3.96 Å². The van der Waals surface area contributed by atoms with Crippen LogP contribution in [0.1, 0.15) is 19.9 Å². The van der Waals surface area contributed by atoms with Crippen molar-refractivity contribution in [3.63, 3.8) is 0 Å². The zero-order valence-electron chi connectivity index (χ0n) is 5.16. The normalized spacial score (nSPS) is 10.4. The van der Waals surface area contributed by atoms with E-state index in [0.29, 0.717) is 6.04 Å². The monoisotopic (exact) mass is 128 g/mol. The standard InChI is InChI=1S/C6H10NS/c1-6(2)7-4-3-5-8-7/h3-6H,1-2H3/q+1. The highest BCUT2D eigenvalue weighted by atomic mass is 32.1. The topological polar surface area (TPSA) is 3.88 Å². The van der Waals surface area contributed by atoms with Crippen molar-refractivity contribution in [2.45, 2.75) is 19.9 Å². The molecule has 0 aliphatic heterocycles. The largest absolute Gasteiger partial charge is 0.184 e. The molecule has 2 heteroatoms. The first-order chi connectivity index (χ1) is 3.80. The van der Waals surface area contributed by atoms with Crippen molar-refractivity contribution in [2.24, 2.45) is 0 Å². The molecule has 0 atom stereocenters. The fourth-order valence-electron chi connectivity index (χ4n) is 0.554. The first-order valence-electron chi connectivity index (χ1n) is 2.76. The van der Waals surface area contributed by atoms with E-state index >= 15 is 0 Å². The minimum Gasteiger partial charge on any atom is -0.139 e. The third-order valence-electron chi connectivity index (χ3n) is 1.00. The summed E-state index contributed by atoms with van der Waals surface area (Å²) in [4.78, 5) is 0. The molecule has 0 N–H and O–H groups in total. The molecule has 0 aliphatic carbocycles. The Balaban J connectivity index is 2.77. The predicted octanol–water partition coefficient (Wildman–Crippen LogP) is 1.62. The fraction of sp³-hybridized carbons (Fsp3) is 0.500. The highest BCUT2D eigenvalue weighted by Gasteiger charge is 2.03. The van der Waals surface area contributed by atoms with Crippen LogP contribution in [0, 0.1) is 0 Å². The van der Waals surface area contributed by atoms with Crippen LogP contribution in [0.4, 0.5) is 0 Å². The molecule has 1 aromatic heterocycles. The summed E-state index contributed by atoms with van der Waals surface area (Å²) in [5.74, 6) is 0. The van der Waals surface area contributed by atoms with E-state index in [-0.39, 0.29) is 0 Å². The van der Waals surface area contributed by atoms with Crippen LogP contribution in [0.5, 0.6) is 0 Å². The Labute approximate surface area is 53.7 Å². The maximum absolute atomic E-state index is 2.21. The molecule has 0 fully saturated rings. The van der Waals surface area contributed by atoms with E-state index in [1.807, 2.05) is 0 Å². The zero-order chi connectivity index (χ0) is 5.98. The Morgan fingerprint density at radius 2 is 2.25 bits per heavy atom. The molecule has 0 radical (unpaired) electrons. The SMILES string of the molecule is CC(C)[n+]1cccs1. The summed E-state index contributed by atoms with van der Waals surface area (Å²) in [6.45, 7) is 4.35. The smallest absolute Gasteiger partial charge is 0.139 e. The van der Waals surface area contributed by atoms with Gasteiger partial charge in [-0.25, -0.2) is 0 Å². The zero-order valence-corrected chi connectivity index (χ0v) is 5.98. The van der Waals surface area contributed by atoms with E-state index in [1.54, 1.807) is 11.5 Å². The number of hydrogen-bond acceptors (Lipinski definition) is 1. The number of nitrogens with zero attached hydrogens (tertiary/aromatic N) is 1. The summed E-state index contributed by atoms with van der Waals surface area (Å²) in [7, 11) is 0. The van der Waals surface area contributed by atoms with Crippen LogP contribution < -0.4 is 3.96 Å². The second-order valence-electron chi connectivity index (χ2n) is 2.04. The second kappa shape index (κ2) is 2.27. The van der Waals surface area contributed by atoms with Gasteiger partial charge in [-0.2, -0.15) is 0 Å². The maximum atomic E-state index is 2.21. The van der Waals surface area contributed by atoms with E-state index in [4.69, 9.17) is 0 Å². The molecule has 44 valence electrons.